The van der Waals surface area contributed by atoms with Crippen LogP contribution in [0.2, 0.25) is 5.02 Å². The topological polar surface area (TPSA) is 73.4 Å². The third kappa shape index (κ3) is 5.05. The maximum Gasteiger partial charge on any atom is 0.233 e. The first kappa shape index (κ1) is 23.6. The van der Waals surface area contributed by atoms with E-state index in [2.05, 4.69) is 25.5 Å². The van der Waals surface area contributed by atoms with Gasteiger partial charge in [-0.25, -0.2) is 9.97 Å². The maximum absolute atomic E-state index is 13.8. The quantitative estimate of drug-likeness (QED) is 0.708. The number of benzene rings is 1. The van der Waals surface area contributed by atoms with Crippen molar-refractivity contribution in [3.8, 4) is 0 Å². The standard InChI is InChI=1S/C22H29ClN6O.ClH/c1-2-25-19-15-20(27-16-26-19)28-11-13-29(14-12-28)21(30)22(7-9-24-10-8-22)17-3-5-18(23)6-4-17;/h3-6,15-16,24H,2,7-14H2,1H3,(H,25,26,27);1H. The molecule has 0 radical (unpaired) electrons. The number of carbonyl (C=O) groups is 1. The van der Waals surface area contributed by atoms with Crippen LogP contribution in [0.1, 0.15) is 25.3 Å². The molecule has 0 atom stereocenters. The minimum Gasteiger partial charge on any atom is -0.370 e. The number of hydrogen-bond donors (Lipinski definition) is 2. The van der Waals surface area contributed by atoms with Gasteiger partial charge in [-0.1, -0.05) is 23.7 Å². The Morgan fingerprint density at radius 2 is 1.81 bits per heavy atom. The lowest BCUT2D eigenvalue weighted by Gasteiger charge is -2.43. The van der Waals surface area contributed by atoms with E-state index >= 15 is 0 Å². The van der Waals surface area contributed by atoms with Gasteiger partial charge in [-0.3, -0.25) is 4.79 Å². The molecule has 0 spiro atoms. The van der Waals surface area contributed by atoms with Crippen molar-refractivity contribution in [2.75, 3.05) is 56.0 Å². The van der Waals surface area contributed by atoms with E-state index in [1.165, 1.54) is 0 Å². The Labute approximate surface area is 195 Å². The number of nitrogens with zero attached hydrogens (tertiary/aromatic N) is 4. The van der Waals surface area contributed by atoms with Gasteiger partial charge < -0.3 is 20.4 Å². The second-order valence-electron chi connectivity index (χ2n) is 7.91. The van der Waals surface area contributed by atoms with Gasteiger partial charge in [-0.05, 0) is 50.6 Å². The molecule has 0 bridgehead atoms. The number of carbonyl (C=O) groups excluding carboxylic acids is 1. The maximum atomic E-state index is 13.8. The molecule has 2 aromatic rings. The lowest BCUT2D eigenvalue weighted by molar-refractivity contribution is -0.139. The predicted octanol–water partition coefficient (Wildman–Crippen LogP) is 2.95. The molecular formula is C22H30Cl2N6O. The second kappa shape index (κ2) is 10.5. The fraction of sp³-hybridized carbons (Fsp3) is 0.500. The number of piperidine rings is 1. The van der Waals surface area contributed by atoms with Crippen LogP contribution in [0.3, 0.4) is 0 Å². The molecule has 0 unspecified atom stereocenters. The van der Waals surface area contributed by atoms with E-state index in [1.807, 2.05) is 42.2 Å². The normalized spacial score (nSPS) is 18.3. The van der Waals surface area contributed by atoms with Crippen molar-refractivity contribution in [2.45, 2.75) is 25.2 Å². The van der Waals surface area contributed by atoms with Crippen molar-refractivity contribution in [3.05, 3.63) is 47.2 Å². The molecule has 3 heterocycles. The predicted molar refractivity (Wildman–Crippen MR) is 127 cm³/mol. The van der Waals surface area contributed by atoms with Crippen LogP contribution < -0.4 is 15.5 Å². The van der Waals surface area contributed by atoms with Crippen molar-refractivity contribution in [3.63, 3.8) is 0 Å². The van der Waals surface area contributed by atoms with E-state index in [4.69, 9.17) is 11.6 Å². The highest BCUT2D eigenvalue weighted by atomic mass is 35.5. The van der Waals surface area contributed by atoms with E-state index in [1.54, 1.807) is 6.33 Å². The van der Waals surface area contributed by atoms with Crippen LogP contribution in [0.15, 0.2) is 36.7 Å². The van der Waals surface area contributed by atoms with Crippen LogP contribution in [0.5, 0.6) is 0 Å². The molecule has 0 saturated carbocycles. The van der Waals surface area contributed by atoms with Crippen molar-refractivity contribution >= 4 is 41.6 Å². The third-order valence-electron chi connectivity index (χ3n) is 6.16. The molecule has 0 aliphatic carbocycles. The molecule has 2 aliphatic rings. The van der Waals surface area contributed by atoms with Gasteiger partial charge in [0, 0.05) is 43.8 Å². The summed E-state index contributed by atoms with van der Waals surface area (Å²) in [5.41, 5.74) is 0.609. The van der Waals surface area contributed by atoms with Crippen LogP contribution in [0.4, 0.5) is 11.6 Å². The molecule has 31 heavy (non-hydrogen) atoms. The van der Waals surface area contributed by atoms with Crippen molar-refractivity contribution in [2.24, 2.45) is 0 Å². The van der Waals surface area contributed by atoms with Crippen molar-refractivity contribution < 1.29 is 4.79 Å². The Morgan fingerprint density at radius 1 is 1.13 bits per heavy atom. The molecule has 1 amide bonds. The molecule has 168 valence electrons. The molecule has 2 saturated heterocycles. The van der Waals surface area contributed by atoms with Gasteiger partial charge in [0.25, 0.3) is 0 Å². The molecule has 2 aliphatic heterocycles. The van der Waals surface area contributed by atoms with E-state index in [9.17, 15) is 4.79 Å². The first-order chi connectivity index (χ1) is 14.6. The summed E-state index contributed by atoms with van der Waals surface area (Å²) in [7, 11) is 0. The summed E-state index contributed by atoms with van der Waals surface area (Å²) in [5.74, 6) is 1.97. The molecule has 7 nitrogen and oxygen atoms in total. The molecule has 1 aromatic heterocycles. The molecule has 2 N–H and O–H groups in total. The second-order valence-corrected chi connectivity index (χ2v) is 8.35. The summed E-state index contributed by atoms with van der Waals surface area (Å²) in [4.78, 5) is 26.7. The molecular weight excluding hydrogens is 435 g/mol. The van der Waals surface area contributed by atoms with Crippen molar-refractivity contribution in [1.82, 2.24) is 20.2 Å². The van der Waals surface area contributed by atoms with Crippen molar-refractivity contribution in [1.29, 1.82) is 0 Å². The zero-order valence-corrected chi connectivity index (χ0v) is 19.4. The van der Waals surface area contributed by atoms with E-state index in [-0.39, 0.29) is 18.3 Å². The number of hydrogen-bond acceptors (Lipinski definition) is 6. The Kier molecular flexibility index (Phi) is 7.97. The van der Waals surface area contributed by atoms with E-state index < -0.39 is 5.41 Å². The van der Waals surface area contributed by atoms with Gasteiger partial charge in [0.1, 0.15) is 18.0 Å². The van der Waals surface area contributed by atoms with E-state index in [0.717, 1.165) is 62.8 Å². The number of piperazine rings is 1. The molecule has 9 heteroatoms. The zero-order chi connectivity index (χ0) is 21.0. The lowest BCUT2D eigenvalue weighted by Crippen LogP contribution is -2.57. The molecule has 4 rings (SSSR count). The van der Waals surface area contributed by atoms with Gasteiger partial charge >= 0.3 is 0 Å². The minimum atomic E-state index is -0.467. The summed E-state index contributed by atoms with van der Waals surface area (Å²) in [6, 6.07) is 9.80. The third-order valence-corrected chi connectivity index (χ3v) is 6.42. The Balaban J connectivity index is 0.00000272. The average molecular weight is 465 g/mol. The highest BCUT2D eigenvalue weighted by Crippen LogP contribution is 2.36. The highest BCUT2D eigenvalue weighted by molar-refractivity contribution is 6.30. The number of amides is 1. The van der Waals surface area contributed by atoms with Gasteiger partial charge in [-0.2, -0.15) is 0 Å². The number of aromatic nitrogens is 2. The number of halogens is 2. The summed E-state index contributed by atoms with van der Waals surface area (Å²) in [6.07, 6.45) is 3.21. The lowest BCUT2D eigenvalue weighted by atomic mass is 9.72. The molecule has 1 aromatic carbocycles. The number of anilines is 2. The van der Waals surface area contributed by atoms with Gasteiger partial charge in [-0.15, -0.1) is 12.4 Å². The minimum absolute atomic E-state index is 0. The summed E-state index contributed by atoms with van der Waals surface area (Å²) < 4.78 is 0. The summed E-state index contributed by atoms with van der Waals surface area (Å²) >= 11 is 6.10. The summed E-state index contributed by atoms with van der Waals surface area (Å²) in [6.45, 7) is 7.49. The average Bonchev–Trinajstić information content (AvgIpc) is 2.80. The van der Waals surface area contributed by atoms with Gasteiger partial charge in [0.15, 0.2) is 0 Å². The monoisotopic (exact) mass is 464 g/mol. The Hall–Kier alpha value is -2.09. The van der Waals surface area contributed by atoms with Crippen LogP contribution >= 0.6 is 24.0 Å². The van der Waals surface area contributed by atoms with Gasteiger partial charge in [0.05, 0.1) is 5.41 Å². The fourth-order valence-electron chi connectivity index (χ4n) is 4.49. The SMILES string of the molecule is CCNc1cc(N2CCN(C(=O)C3(c4ccc(Cl)cc4)CCNCC3)CC2)ncn1.Cl. The Bertz CT molecular complexity index is 865. The summed E-state index contributed by atoms with van der Waals surface area (Å²) in [5, 5.41) is 7.32. The first-order valence-electron chi connectivity index (χ1n) is 10.7. The van der Waals surface area contributed by atoms with E-state index in [0.29, 0.717) is 18.1 Å². The number of nitrogens with one attached hydrogen (secondary N) is 2. The molecule has 2 fully saturated rings. The number of rotatable bonds is 5. The highest BCUT2D eigenvalue weighted by Gasteiger charge is 2.44. The first-order valence-corrected chi connectivity index (χ1v) is 11.1. The van der Waals surface area contributed by atoms with Crippen LogP contribution in [-0.4, -0.2) is 66.6 Å². The van der Waals surface area contributed by atoms with Gasteiger partial charge in [0.2, 0.25) is 5.91 Å². The van der Waals surface area contributed by atoms with Crippen LogP contribution in [-0.2, 0) is 10.2 Å². The zero-order valence-electron chi connectivity index (χ0n) is 17.8. The largest absolute Gasteiger partial charge is 0.370 e. The fourth-order valence-corrected chi connectivity index (χ4v) is 4.61. The Morgan fingerprint density at radius 3 is 2.45 bits per heavy atom. The van der Waals surface area contributed by atoms with Crippen LogP contribution in [0, 0.1) is 0 Å². The smallest absolute Gasteiger partial charge is 0.233 e. The van der Waals surface area contributed by atoms with Crippen LogP contribution in [0.25, 0.3) is 0 Å².